The summed E-state index contributed by atoms with van der Waals surface area (Å²) >= 11 is 0. The molecule has 1 fully saturated rings. The van der Waals surface area contributed by atoms with E-state index in [1.54, 1.807) is 24.3 Å². The predicted octanol–water partition coefficient (Wildman–Crippen LogP) is 0.923. The van der Waals surface area contributed by atoms with Gasteiger partial charge in [-0.15, -0.1) is 0 Å². The van der Waals surface area contributed by atoms with Gasteiger partial charge in [0.2, 0.25) is 0 Å². The fraction of sp³-hybridized carbons (Fsp3) is 0.529. The van der Waals surface area contributed by atoms with Crippen LogP contribution in [-0.2, 0) is 16.0 Å². The summed E-state index contributed by atoms with van der Waals surface area (Å²) in [4.78, 5) is 22.7. The van der Waals surface area contributed by atoms with Crippen LogP contribution in [0.1, 0.15) is 37.7 Å². The van der Waals surface area contributed by atoms with E-state index in [4.69, 9.17) is 15.6 Å². The van der Waals surface area contributed by atoms with Gasteiger partial charge in [0.1, 0.15) is 5.75 Å². The molecule has 1 saturated carbocycles. The van der Waals surface area contributed by atoms with Crippen LogP contribution in [-0.4, -0.2) is 34.6 Å². The first-order valence-corrected chi connectivity index (χ1v) is 7.81. The second-order valence-electron chi connectivity index (χ2n) is 5.91. The highest BCUT2D eigenvalue weighted by Gasteiger charge is 2.27. The third-order valence-electron chi connectivity index (χ3n) is 4.28. The third-order valence-corrected chi connectivity index (χ3v) is 4.28. The van der Waals surface area contributed by atoms with Crippen molar-refractivity contribution in [3.8, 4) is 5.75 Å². The molecule has 3 N–H and O–H groups in total. The molecular formula is C17H27NO4Si. The van der Waals surface area contributed by atoms with Crippen LogP contribution in [0.25, 0.3) is 0 Å². The minimum absolute atomic E-state index is 0. The Bertz CT molecular complexity index is 510. The molecule has 0 heterocycles. The van der Waals surface area contributed by atoms with Gasteiger partial charge in [0.15, 0.2) is 0 Å². The van der Waals surface area contributed by atoms with Crippen LogP contribution in [0, 0.1) is 11.8 Å². The standard InChI is InChI=1S/C17H23NO4.H4Si/c18-11-13-1-6-14(7-2-13)17(21)22-15-8-3-12(4-9-15)5-10-16(19)20;/h3-4,8-9,13-14H,1-2,5-7,10-11,18H2,(H,19,20);1H4/t13-,14-;. The number of aryl methyl sites for hydroxylation is 1. The maximum absolute atomic E-state index is 12.1. The number of carboxylic acids is 1. The first-order valence-electron chi connectivity index (χ1n) is 7.81. The molecule has 5 nitrogen and oxygen atoms in total. The molecule has 0 spiro atoms. The monoisotopic (exact) mass is 337 g/mol. The van der Waals surface area contributed by atoms with Gasteiger partial charge in [0, 0.05) is 6.42 Å². The van der Waals surface area contributed by atoms with Crippen LogP contribution in [0.4, 0.5) is 0 Å². The number of carbonyl (C=O) groups is 2. The summed E-state index contributed by atoms with van der Waals surface area (Å²) < 4.78 is 5.42. The zero-order valence-corrected chi connectivity index (χ0v) is 12.7. The van der Waals surface area contributed by atoms with Crippen molar-refractivity contribution in [2.45, 2.75) is 38.5 Å². The summed E-state index contributed by atoms with van der Waals surface area (Å²) in [5.41, 5.74) is 6.57. The van der Waals surface area contributed by atoms with E-state index in [-0.39, 0.29) is 29.3 Å². The molecule has 0 aliphatic heterocycles. The Kier molecular flexibility index (Phi) is 7.98. The maximum Gasteiger partial charge on any atom is 0.314 e. The van der Waals surface area contributed by atoms with Crippen molar-refractivity contribution < 1.29 is 19.4 Å². The zero-order chi connectivity index (χ0) is 15.9. The second kappa shape index (κ2) is 9.47. The zero-order valence-electron chi connectivity index (χ0n) is 12.7. The number of benzene rings is 1. The fourth-order valence-electron chi connectivity index (χ4n) is 2.81. The van der Waals surface area contributed by atoms with E-state index in [0.29, 0.717) is 24.6 Å². The Morgan fingerprint density at radius 3 is 2.26 bits per heavy atom. The largest absolute Gasteiger partial charge is 0.481 e. The Hall–Kier alpha value is -1.66. The number of nitrogens with two attached hydrogens (primary N) is 1. The molecule has 128 valence electrons. The van der Waals surface area contributed by atoms with Crippen LogP contribution < -0.4 is 10.5 Å². The molecule has 1 aromatic rings. The summed E-state index contributed by atoms with van der Waals surface area (Å²) in [6.45, 7) is 0.694. The molecule has 0 saturated heterocycles. The van der Waals surface area contributed by atoms with Gasteiger partial charge >= 0.3 is 11.9 Å². The molecule has 1 aromatic carbocycles. The van der Waals surface area contributed by atoms with Crippen LogP contribution in [0.5, 0.6) is 5.75 Å². The van der Waals surface area contributed by atoms with Gasteiger partial charge in [-0.05, 0) is 73.2 Å². The summed E-state index contributed by atoms with van der Waals surface area (Å²) in [5.74, 6) is 0.0365. The van der Waals surface area contributed by atoms with Gasteiger partial charge < -0.3 is 15.6 Å². The van der Waals surface area contributed by atoms with Crippen LogP contribution >= 0.6 is 0 Å². The Balaban J connectivity index is 0.00000264. The maximum atomic E-state index is 12.1. The van der Waals surface area contributed by atoms with Gasteiger partial charge in [0.05, 0.1) is 5.92 Å². The third kappa shape index (κ3) is 6.15. The van der Waals surface area contributed by atoms with Crippen molar-refractivity contribution >= 4 is 22.9 Å². The molecule has 0 amide bonds. The molecule has 6 heteroatoms. The van der Waals surface area contributed by atoms with Crippen molar-refractivity contribution in [1.29, 1.82) is 0 Å². The number of aliphatic carboxylic acids is 1. The molecule has 0 bridgehead atoms. The highest BCUT2D eigenvalue weighted by Crippen LogP contribution is 2.29. The van der Waals surface area contributed by atoms with E-state index in [9.17, 15) is 9.59 Å². The molecule has 0 aromatic heterocycles. The quantitative estimate of drug-likeness (QED) is 0.458. The minimum Gasteiger partial charge on any atom is -0.481 e. The van der Waals surface area contributed by atoms with Gasteiger partial charge in [-0.1, -0.05) is 12.1 Å². The van der Waals surface area contributed by atoms with E-state index in [1.165, 1.54) is 0 Å². The number of carbonyl (C=O) groups excluding carboxylic acids is 1. The summed E-state index contributed by atoms with van der Waals surface area (Å²) in [5, 5.41) is 8.65. The molecule has 0 unspecified atom stereocenters. The van der Waals surface area contributed by atoms with Gasteiger partial charge in [-0.3, -0.25) is 9.59 Å². The minimum atomic E-state index is -0.816. The molecule has 0 radical (unpaired) electrons. The normalized spacial score (nSPS) is 20.4. The summed E-state index contributed by atoms with van der Waals surface area (Å²) in [6.07, 6.45) is 4.25. The number of hydrogen-bond donors (Lipinski definition) is 2. The predicted molar refractivity (Wildman–Crippen MR) is 93.9 cm³/mol. The van der Waals surface area contributed by atoms with Crippen molar-refractivity contribution in [3.63, 3.8) is 0 Å². The SMILES string of the molecule is NC[C@H]1CC[C@H](C(=O)Oc2ccc(CCC(=O)O)cc2)CC1.[SiH4]. The van der Waals surface area contributed by atoms with Crippen molar-refractivity contribution in [3.05, 3.63) is 29.8 Å². The lowest BCUT2D eigenvalue weighted by Gasteiger charge is -2.26. The van der Waals surface area contributed by atoms with Crippen molar-refractivity contribution in [2.75, 3.05) is 6.54 Å². The Morgan fingerprint density at radius 1 is 1.13 bits per heavy atom. The van der Waals surface area contributed by atoms with Crippen LogP contribution in [0.2, 0.25) is 0 Å². The van der Waals surface area contributed by atoms with Gasteiger partial charge in [0.25, 0.3) is 0 Å². The molecule has 1 aliphatic carbocycles. The lowest BCUT2D eigenvalue weighted by atomic mass is 9.82. The lowest BCUT2D eigenvalue weighted by Crippen LogP contribution is -2.28. The first-order chi connectivity index (χ1) is 10.6. The number of hydrogen-bond acceptors (Lipinski definition) is 4. The molecule has 23 heavy (non-hydrogen) atoms. The molecule has 2 rings (SSSR count). The average Bonchev–Trinajstić information content (AvgIpc) is 2.54. The lowest BCUT2D eigenvalue weighted by molar-refractivity contribution is -0.140. The highest BCUT2D eigenvalue weighted by atomic mass is 28.1. The summed E-state index contributed by atoms with van der Waals surface area (Å²) in [6, 6.07) is 7.05. The van der Waals surface area contributed by atoms with E-state index in [2.05, 4.69) is 0 Å². The first kappa shape index (κ1) is 19.4. The number of rotatable bonds is 6. The molecule has 1 aliphatic rings. The fourth-order valence-corrected chi connectivity index (χ4v) is 2.81. The molecule has 0 atom stereocenters. The van der Waals surface area contributed by atoms with Gasteiger partial charge in [-0.2, -0.15) is 0 Å². The van der Waals surface area contributed by atoms with E-state index >= 15 is 0 Å². The smallest absolute Gasteiger partial charge is 0.314 e. The van der Waals surface area contributed by atoms with Crippen LogP contribution in [0.3, 0.4) is 0 Å². The summed E-state index contributed by atoms with van der Waals surface area (Å²) in [7, 11) is 0. The average molecular weight is 337 g/mol. The Labute approximate surface area is 141 Å². The highest BCUT2D eigenvalue weighted by molar-refractivity contribution is 5.75. The number of esters is 1. The van der Waals surface area contributed by atoms with Crippen LogP contribution in [0.15, 0.2) is 24.3 Å². The number of carboxylic acid groups (broad SMARTS) is 1. The number of ether oxygens (including phenoxy) is 1. The van der Waals surface area contributed by atoms with E-state index in [1.807, 2.05) is 0 Å². The van der Waals surface area contributed by atoms with Gasteiger partial charge in [-0.25, -0.2) is 0 Å². The van der Waals surface area contributed by atoms with Crippen molar-refractivity contribution in [2.24, 2.45) is 17.6 Å². The van der Waals surface area contributed by atoms with Crippen molar-refractivity contribution in [1.82, 2.24) is 0 Å². The van der Waals surface area contributed by atoms with E-state index < -0.39 is 5.97 Å². The van der Waals surface area contributed by atoms with E-state index in [0.717, 1.165) is 31.2 Å². The molecular weight excluding hydrogens is 310 g/mol. The topological polar surface area (TPSA) is 89.6 Å². The Morgan fingerprint density at radius 2 is 1.74 bits per heavy atom. The second-order valence-corrected chi connectivity index (χ2v) is 5.91.